The Morgan fingerprint density at radius 2 is 1.88 bits per heavy atom. The smallest absolute Gasteiger partial charge is 0.223 e. The van der Waals surface area contributed by atoms with Gasteiger partial charge in [-0.05, 0) is 31.2 Å². The lowest BCUT2D eigenvalue weighted by Gasteiger charge is -2.36. The predicted molar refractivity (Wildman–Crippen MR) is 95.0 cm³/mol. The van der Waals surface area contributed by atoms with E-state index in [1.54, 1.807) is 6.26 Å². The van der Waals surface area contributed by atoms with E-state index < -0.39 is 0 Å². The van der Waals surface area contributed by atoms with Crippen LogP contribution >= 0.6 is 0 Å². The zero-order valence-corrected chi connectivity index (χ0v) is 14.1. The number of nitrogens with one attached hydrogen (secondary N) is 1. The fourth-order valence-electron chi connectivity index (χ4n) is 3.04. The van der Waals surface area contributed by atoms with Crippen LogP contribution < -0.4 is 10.2 Å². The summed E-state index contributed by atoms with van der Waals surface area (Å²) in [7, 11) is 0. The summed E-state index contributed by atoms with van der Waals surface area (Å²) < 4.78 is 5.36. The molecule has 0 unspecified atom stereocenters. The van der Waals surface area contributed by atoms with Crippen LogP contribution in [0.5, 0.6) is 0 Å². The molecule has 0 spiro atoms. The zero-order valence-electron chi connectivity index (χ0n) is 14.1. The molecule has 1 aromatic heterocycles. The molecule has 24 heavy (non-hydrogen) atoms. The Morgan fingerprint density at radius 3 is 2.54 bits per heavy atom. The van der Waals surface area contributed by atoms with Crippen LogP contribution in [-0.4, -0.2) is 43.5 Å². The van der Waals surface area contributed by atoms with Crippen molar-refractivity contribution in [1.29, 1.82) is 0 Å². The van der Waals surface area contributed by atoms with Gasteiger partial charge >= 0.3 is 0 Å². The first-order chi connectivity index (χ1) is 11.7. The number of anilines is 1. The van der Waals surface area contributed by atoms with Crippen molar-refractivity contribution in [3.8, 4) is 0 Å². The minimum Gasteiger partial charge on any atom is -0.468 e. The van der Waals surface area contributed by atoms with Crippen molar-refractivity contribution in [2.24, 2.45) is 0 Å². The number of hydrogen-bond acceptors (Lipinski definition) is 4. The molecule has 1 amide bonds. The van der Waals surface area contributed by atoms with E-state index in [-0.39, 0.29) is 11.9 Å². The van der Waals surface area contributed by atoms with Crippen LogP contribution in [-0.2, 0) is 4.79 Å². The normalized spacial score (nSPS) is 16.2. The quantitative estimate of drug-likeness (QED) is 0.886. The molecule has 0 radical (unpaired) electrons. The first-order valence-corrected chi connectivity index (χ1v) is 8.58. The van der Waals surface area contributed by atoms with Gasteiger partial charge in [-0.2, -0.15) is 0 Å². The van der Waals surface area contributed by atoms with Gasteiger partial charge < -0.3 is 19.5 Å². The van der Waals surface area contributed by atoms with Crippen molar-refractivity contribution in [1.82, 2.24) is 10.2 Å². The first kappa shape index (κ1) is 16.6. The Kier molecular flexibility index (Phi) is 5.54. The molecule has 1 aromatic carbocycles. The van der Waals surface area contributed by atoms with Gasteiger partial charge in [0.25, 0.3) is 0 Å². The van der Waals surface area contributed by atoms with Crippen molar-refractivity contribution in [3.63, 3.8) is 0 Å². The van der Waals surface area contributed by atoms with Gasteiger partial charge in [-0.15, -0.1) is 0 Å². The summed E-state index contributed by atoms with van der Waals surface area (Å²) in [5.41, 5.74) is 1.23. The topological polar surface area (TPSA) is 48.7 Å². The zero-order chi connectivity index (χ0) is 16.8. The van der Waals surface area contributed by atoms with Crippen molar-refractivity contribution >= 4 is 11.6 Å². The van der Waals surface area contributed by atoms with Crippen molar-refractivity contribution in [2.75, 3.05) is 37.6 Å². The van der Waals surface area contributed by atoms with Gasteiger partial charge in [0, 0.05) is 44.8 Å². The molecule has 0 bridgehead atoms. The summed E-state index contributed by atoms with van der Waals surface area (Å²) in [6.45, 7) is 6.09. The average molecular weight is 327 g/mol. The molecule has 1 aliphatic rings. The van der Waals surface area contributed by atoms with Gasteiger partial charge in [0.1, 0.15) is 5.76 Å². The second-order valence-corrected chi connectivity index (χ2v) is 6.14. The van der Waals surface area contributed by atoms with Crippen LogP contribution in [0.25, 0.3) is 0 Å². The SMILES string of the molecule is C[C@@H](NCCC(=O)N1CCN(c2ccccc2)CC1)c1ccco1. The number of para-hydroxylation sites is 1. The van der Waals surface area contributed by atoms with E-state index >= 15 is 0 Å². The van der Waals surface area contributed by atoms with E-state index in [9.17, 15) is 4.79 Å². The number of rotatable bonds is 6. The van der Waals surface area contributed by atoms with Crippen molar-refractivity contribution in [2.45, 2.75) is 19.4 Å². The molecule has 5 heteroatoms. The fraction of sp³-hybridized carbons (Fsp3) is 0.421. The summed E-state index contributed by atoms with van der Waals surface area (Å²) >= 11 is 0. The largest absolute Gasteiger partial charge is 0.468 e. The Bertz CT molecular complexity index is 619. The van der Waals surface area contributed by atoms with E-state index in [2.05, 4.69) is 34.5 Å². The molecule has 3 rings (SSSR count). The van der Waals surface area contributed by atoms with Crippen LogP contribution in [0, 0.1) is 0 Å². The van der Waals surface area contributed by atoms with E-state index in [0.29, 0.717) is 13.0 Å². The predicted octanol–water partition coefficient (Wildman–Crippen LogP) is 2.67. The van der Waals surface area contributed by atoms with Gasteiger partial charge in [-0.25, -0.2) is 0 Å². The van der Waals surface area contributed by atoms with Crippen LogP contribution in [0.3, 0.4) is 0 Å². The lowest BCUT2D eigenvalue weighted by Crippen LogP contribution is -2.49. The van der Waals surface area contributed by atoms with Gasteiger partial charge in [0.2, 0.25) is 5.91 Å². The molecular weight excluding hydrogens is 302 g/mol. The summed E-state index contributed by atoms with van der Waals surface area (Å²) in [4.78, 5) is 16.7. The molecule has 1 saturated heterocycles. The van der Waals surface area contributed by atoms with Crippen LogP contribution in [0.2, 0.25) is 0 Å². The third-order valence-electron chi connectivity index (χ3n) is 4.51. The standard InChI is InChI=1S/C19H25N3O2/c1-16(18-8-5-15-24-18)20-10-9-19(23)22-13-11-21(12-14-22)17-6-3-2-4-7-17/h2-8,15-16,20H,9-14H2,1H3/t16-/m1/s1. The van der Waals surface area contributed by atoms with Crippen molar-refractivity contribution in [3.05, 3.63) is 54.5 Å². The van der Waals surface area contributed by atoms with Gasteiger partial charge in [-0.3, -0.25) is 4.79 Å². The number of hydrogen-bond donors (Lipinski definition) is 1. The molecule has 2 heterocycles. The Labute approximate surface area is 143 Å². The summed E-state index contributed by atoms with van der Waals surface area (Å²) in [6.07, 6.45) is 2.20. The Morgan fingerprint density at radius 1 is 1.12 bits per heavy atom. The second-order valence-electron chi connectivity index (χ2n) is 6.14. The maximum Gasteiger partial charge on any atom is 0.223 e. The Balaban J connectivity index is 1.39. The summed E-state index contributed by atoms with van der Waals surface area (Å²) in [6, 6.07) is 14.3. The number of carbonyl (C=O) groups excluding carboxylic acids is 1. The third kappa shape index (κ3) is 4.17. The highest BCUT2D eigenvalue weighted by molar-refractivity contribution is 5.76. The number of amides is 1. The Hall–Kier alpha value is -2.27. The van der Waals surface area contributed by atoms with E-state index in [1.165, 1.54) is 5.69 Å². The maximum atomic E-state index is 12.4. The summed E-state index contributed by atoms with van der Waals surface area (Å²) in [5, 5.41) is 3.34. The fourth-order valence-corrected chi connectivity index (χ4v) is 3.04. The molecule has 1 fully saturated rings. The molecule has 0 aliphatic carbocycles. The molecule has 0 saturated carbocycles. The van der Waals surface area contributed by atoms with E-state index in [1.807, 2.05) is 30.0 Å². The molecule has 1 aliphatic heterocycles. The highest BCUT2D eigenvalue weighted by atomic mass is 16.3. The molecule has 128 valence electrons. The molecule has 1 atom stereocenters. The molecule has 1 N–H and O–H groups in total. The number of carbonyl (C=O) groups is 1. The van der Waals surface area contributed by atoms with Crippen LogP contribution in [0.1, 0.15) is 25.1 Å². The number of benzene rings is 1. The molecule has 2 aromatic rings. The first-order valence-electron chi connectivity index (χ1n) is 8.58. The minimum absolute atomic E-state index is 0.128. The maximum absolute atomic E-state index is 12.4. The number of furan rings is 1. The van der Waals surface area contributed by atoms with Gasteiger partial charge in [-0.1, -0.05) is 18.2 Å². The highest BCUT2D eigenvalue weighted by Gasteiger charge is 2.21. The van der Waals surface area contributed by atoms with Crippen molar-refractivity contribution < 1.29 is 9.21 Å². The average Bonchev–Trinajstić information content (AvgIpc) is 3.17. The van der Waals surface area contributed by atoms with E-state index in [0.717, 1.165) is 31.9 Å². The number of piperazine rings is 1. The van der Waals surface area contributed by atoms with E-state index in [4.69, 9.17) is 4.42 Å². The van der Waals surface area contributed by atoms with Crippen LogP contribution in [0.4, 0.5) is 5.69 Å². The second kappa shape index (κ2) is 8.02. The van der Waals surface area contributed by atoms with Gasteiger partial charge in [0.15, 0.2) is 0 Å². The lowest BCUT2D eigenvalue weighted by atomic mass is 10.2. The van der Waals surface area contributed by atoms with Crippen LogP contribution in [0.15, 0.2) is 53.1 Å². The molecular formula is C19H25N3O2. The van der Waals surface area contributed by atoms with Gasteiger partial charge in [0.05, 0.1) is 12.3 Å². The highest BCUT2D eigenvalue weighted by Crippen LogP contribution is 2.16. The third-order valence-corrected chi connectivity index (χ3v) is 4.51. The lowest BCUT2D eigenvalue weighted by molar-refractivity contribution is -0.131. The molecule has 5 nitrogen and oxygen atoms in total. The number of nitrogens with zero attached hydrogens (tertiary/aromatic N) is 2. The minimum atomic E-state index is 0.128. The summed E-state index contributed by atoms with van der Waals surface area (Å²) in [5.74, 6) is 1.13. The monoisotopic (exact) mass is 327 g/mol.